The van der Waals surface area contributed by atoms with Gasteiger partial charge in [-0.05, 0) is 31.7 Å². The molecule has 0 aliphatic heterocycles. The van der Waals surface area contributed by atoms with E-state index in [1.807, 2.05) is 32.0 Å². The number of rotatable bonds is 8. The van der Waals surface area contributed by atoms with Crippen LogP contribution in [0.1, 0.15) is 19.4 Å². The summed E-state index contributed by atoms with van der Waals surface area (Å²) in [5, 5.41) is 6.15. The van der Waals surface area contributed by atoms with Crippen LogP contribution in [0.25, 0.3) is 0 Å². The van der Waals surface area contributed by atoms with Crippen LogP contribution in [-0.4, -0.2) is 39.3 Å². The molecule has 0 heterocycles. The number of carbonyl (C=O) groups excluding carboxylic acids is 1. The lowest BCUT2D eigenvalue weighted by molar-refractivity contribution is -0.120. The number of methoxy groups -OCH3 is 2. The van der Waals surface area contributed by atoms with Crippen LogP contribution in [0, 0.1) is 0 Å². The van der Waals surface area contributed by atoms with Crippen LogP contribution in [-0.2, 0) is 11.2 Å². The van der Waals surface area contributed by atoms with E-state index in [9.17, 15) is 4.79 Å². The van der Waals surface area contributed by atoms with Crippen molar-refractivity contribution in [1.82, 2.24) is 10.6 Å². The van der Waals surface area contributed by atoms with E-state index < -0.39 is 0 Å². The van der Waals surface area contributed by atoms with Gasteiger partial charge in [-0.1, -0.05) is 6.92 Å². The third kappa shape index (κ3) is 5.09. The van der Waals surface area contributed by atoms with Crippen LogP contribution in [0.3, 0.4) is 0 Å². The highest BCUT2D eigenvalue weighted by atomic mass is 16.5. The summed E-state index contributed by atoms with van der Waals surface area (Å²) in [5.41, 5.74) is 0.820. The Balaban J connectivity index is 2.60. The molecule has 0 spiro atoms. The number of nitrogens with one attached hydrogen (secondary N) is 2. The average Bonchev–Trinajstić information content (AvgIpc) is 2.45. The van der Waals surface area contributed by atoms with Gasteiger partial charge in [-0.25, -0.2) is 0 Å². The first-order valence-corrected chi connectivity index (χ1v) is 6.81. The van der Waals surface area contributed by atoms with E-state index in [4.69, 9.17) is 9.47 Å². The predicted octanol–water partition coefficient (Wildman–Crippen LogP) is 1.36. The van der Waals surface area contributed by atoms with Gasteiger partial charge < -0.3 is 20.1 Å². The van der Waals surface area contributed by atoms with Gasteiger partial charge in [-0.15, -0.1) is 0 Å². The first-order chi connectivity index (χ1) is 9.60. The van der Waals surface area contributed by atoms with Crippen LogP contribution in [0.2, 0.25) is 0 Å². The quantitative estimate of drug-likeness (QED) is 0.755. The van der Waals surface area contributed by atoms with Crippen LogP contribution in [0.15, 0.2) is 18.2 Å². The molecule has 0 aliphatic carbocycles. The number of ether oxygens (including phenoxy) is 2. The van der Waals surface area contributed by atoms with E-state index in [0.29, 0.717) is 12.3 Å². The Bertz CT molecular complexity index is 435. The lowest BCUT2D eigenvalue weighted by Crippen LogP contribution is -2.39. The first kappa shape index (κ1) is 16.3. The summed E-state index contributed by atoms with van der Waals surface area (Å²) in [6, 6.07) is 5.71. The van der Waals surface area contributed by atoms with Gasteiger partial charge in [0.2, 0.25) is 5.91 Å². The number of amides is 1. The minimum atomic E-state index is -0.0266. The normalized spacial score (nSPS) is 11.8. The summed E-state index contributed by atoms with van der Waals surface area (Å²) in [7, 11) is 3.19. The Morgan fingerprint density at radius 3 is 2.65 bits per heavy atom. The molecule has 1 aromatic rings. The molecule has 0 fully saturated rings. The average molecular weight is 280 g/mol. The predicted molar refractivity (Wildman–Crippen MR) is 79.4 cm³/mol. The first-order valence-electron chi connectivity index (χ1n) is 6.81. The largest absolute Gasteiger partial charge is 0.497 e. The minimum Gasteiger partial charge on any atom is -0.497 e. The number of benzene rings is 1. The van der Waals surface area contributed by atoms with E-state index in [0.717, 1.165) is 17.9 Å². The third-order valence-electron chi connectivity index (χ3n) is 3.00. The molecule has 0 saturated carbocycles. The fourth-order valence-corrected chi connectivity index (χ4v) is 1.94. The maximum absolute atomic E-state index is 12.0. The van der Waals surface area contributed by atoms with Crippen molar-refractivity contribution in [3.63, 3.8) is 0 Å². The third-order valence-corrected chi connectivity index (χ3v) is 3.00. The second-order valence-corrected chi connectivity index (χ2v) is 4.62. The molecule has 0 unspecified atom stereocenters. The molecule has 1 aromatic carbocycles. The van der Waals surface area contributed by atoms with Crippen LogP contribution in [0.5, 0.6) is 11.5 Å². The van der Waals surface area contributed by atoms with Gasteiger partial charge in [0.15, 0.2) is 0 Å². The standard InChI is InChI=1S/C15H24N2O3/c1-5-16-11(2)10-17-15(18)9-12-8-13(19-3)6-7-14(12)20-4/h6-8,11,16H,5,9-10H2,1-4H3,(H,17,18)/t11-/m1/s1. The Hall–Kier alpha value is -1.75. The Morgan fingerprint density at radius 1 is 1.30 bits per heavy atom. The van der Waals surface area contributed by atoms with Gasteiger partial charge in [0.05, 0.1) is 20.6 Å². The molecule has 5 heteroatoms. The zero-order valence-electron chi connectivity index (χ0n) is 12.7. The summed E-state index contributed by atoms with van der Waals surface area (Å²) in [6.07, 6.45) is 0.277. The fourth-order valence-electron chi connectivity index (χ4n) is 1.94. The van der Waals surface area contributed by atoms with Gasteiger partial charge in [-0.2, -0.15) is 0 Å². The molecule has 2 N–H and O–H groups in total. The van der Waals surface area contributed by atoms with Crippen molar-refractivity contribution in [2.75, 3.05) is 27.3 Å². The highest BCUT2D eigenvalue weighted by Crippen LogP contribution is 2.24. The Kier molecular flexibility index (Phi) is 6.87. The van der Waals surface area contributed by atoms with Crippen molar-refractivity contribution in [2.24, 2.45) is 0 Å². The summed E-state index contributed by atoms with van der Waals surface area (Å²) in [5.74, 6) is 1.39. The highest BCUT2D eigenvalue weighted by Gasteiger charge is 2.11. The maximum Gasteiger partial charge on any atom is 0.224 e. The maximum atomic E-state index is 12.0. The lowest BCUT2D eigenvalue weighted by Gasteiger charge is -2.14. The Labute approximate surface area is 120 Å². The van der Waals surface area contributed by atoms with E-state index in [1.54, 1.807) is 14.2 Å². The molecule has 0 aliphatic rings. The van der Waals surface area contributed by atoms with Crippen molar-refractivity contribution in [3.05, 3.63) is 23.8 Å². The molecule has 0 aromatic heterocycles. The summed E-state index contributed by atoms with van der Waals surface area (Å²) < 4.78 is 10.4. The molecule has 0 bridgehead atoms. The van der Waals surface area contributed by atoms with Crippen molar-refractivity contribution in [3.8, 4) is 11.5 Å². The highest BCUT2D eigenvalue weighted by molar-refractivity contribution is 5.79. The zero-order valence-corrected chi connectivity index (χ0v) is 12.7. The molecule has 0 saturated heterocycles. The summed E-state index contributed by atoms with van der Waals surface area (Å²) >= 11 is 0. The number of hydrogen-bond donors (Lipinski definition) is 2. The van der Waals surface area contributed by atoms with Crippen LogP contribution in [0.4, 0.5) is 0 Å². The molecule has 20 heavy (non-hydrogen) atoms. The lowest BCUT2D eigenvalue weighted by atomic mass is 10.1. The van der Waals surface area contributed by atoms with E-state index in [-0.39, 0.29) is 18.4 Å². The molecule has 112 valence electrons. The number of likely N-dealkylation sites (N-methyl/N-ethyl adjacent to an activating group) is 1. The van der Waals surface area contributed by atoms with Gasteiger partial charge in [0, 0.05) is 18.2 Å². The van der Waals surface area contributed by atoms with Crippen molar-refractivity contribution in [1.29, 1.82) is 0 Å². The smallest absolute Gasteiger partial charge is 0.224 e. The second kappa shape index (κ2) is 8.43. The fraction of sp³-hybridized carbons (Fsp3) is 0.533. The van der Waals surface area contributed by atoms with Crippen molar-refractivity contribution >= 4 is 5.91 Å². The van der Waals surface area contributed by atoms with Gasteiger partial charge in [0.1, 0.15) is 11.5 Å². The van der Waals surface area contributed by atoms with E-state index in [2.05, 4.69) is 10.6 Å². The van der Waals surface area contributed by atoms with E-state index in [1.165, 1.54) is 0 Å². The van der Waals surface area contributed by atoms with Crippen molar-refractivity contribution in [2.45, 2.75) is 26.3 Å². The number of carbonyl (C=O) groups is 1. The molecular weight excluding hydrogens is 256 g/mol. The summed E-state index contributed by atoms with van der Waals surface area (Å²) in [6.45, 7) is 5.58. The van der Waals surface area contributed by atoms with Crippen LogP contribution < -0.4 is 20.1 Å². The van der Waals surface area contributed by atoms with Crippen molar-refractivity contribution < 1.29 is 14.3 Å². The topological polar surface area (TPSA) is 59.6 Å². The second-order valence-electron chi connectivity index (χ2n) is 4.62. The number of hydrogen-bond acceptors (Lipinski definition) is 4. The molecule has 1 atom stereocenters. The summed E-state index contributed by atoms with van der Waals surface area (Å²) in [4.78, 5) is 12.0. The monoisotopic (exact) mass is 280 g/mol. The molecular formula is C15H24N2O3. The van der Waals surface area contributed by atoms with E-state index >= 15 is 0 Å². The minimum absolute atomic E-state index is 0.0266. The van der Waals surface area contributed by atoms with Crippen LogP contribution >= 0.6 is 0 Å². The van der Waals surface area contributed by atoms with Gasteiger partial charge >= 0.3 is 0 Å². The molecule has 0 radical (unpaired) electrons. The SMILES string of the molecule is CCN[C@H](C)CNC(=O)Cc1cc(OC)ccc1OC. The Morgan fingerprint density at radius 2 is 2.05 bits per heavy atom. The molecule has 5 nitrogen and oxygen atoms in total. The van der Waals surface area contributed by atoms with Gasteiger partial charge in [0.25, 0.3) is 0 Å². The van der Waals surface area contributed by atoms with Gasteiger partial charge in [-0.3, -0.25) is 4.79 Å². The zero-order chi connectivity index (χ0) is 15.0. The molecule has 1 amide bonds. The molecule has 1 rings (SSSR count).